The van der Waals surface area contributed by atoms with Crippen LogP contribution in [0.4, 0.5) is 9.93 Å². The van der Waals surface area contributed by atoms with Gasteiger partial charge in [-0.1, -0.05) is 88.8 Å². The Morgan fingerprint density at radius 3 is 2.31 bits per heavy atom. The van der Waals surface area contributed by atoms with Crippen molar-refractivity contribution in [1.29, 1.82) is 0 Å². The average molecular weight is 790 g/mol. The van der Waals surface area contributed by atoms with E-state index in [1.807, 2.05) is 60.7 Å². The van der Waals surface area contributed by atoms with E-state index >= 15 is 0 Å². The first-order chi connectivity index (χ1) is 25.0. The van der Waals surface area contributed by atoms with Crippen LogP contribution in [-0.2, 0) is 43.0 Å². The highest BCUT2D eigenvalue weighted by Crippen LogP contribution is 2.43. The van der Waals surface area contributed by atoms with Crippen molar-refractivity contribution in [2.75, 3.05) is 31.0 Å². The second kappa shape index (κ2) is 17.6. The van der Waals surface area contributed by atoms with Gasteiger partial charge in [-0.25, -0.2) is 19.4 Å². The van der Waals surface area contributed by atoms with Crippen LogP contribution in [0.25, 0.3) is 0 Å². The summed E-state index contributed by atoms with van der Waals surface area (Å²) in [6, 6.07) is 17.1. The van der Waals surface area contributed by atoms with Crippen molar-refractivity contribution < 1.29 is 47.8 Å². The van der Waals surface area contributed by atoms with Crippen molar-refractivity contribution in [2.45, 2.75) is 37.7 Å². The SMILES string of the molecule is CCOC(=O)OC(C)OC(=O)C1=C(SC)CS[C@H]2C(NC(=O)C(=NOCC(=O)OC(c3ccccc3)c3ccccc3)c3nc(N)sc3Cl)C(=O)N12. The number of nitrogens with one attached hydrogen (secondary N) is 1. The molecule has 3 N–H and O–H groups in total. The highest BCUT2D eigenvalue weighted by molar-refractivity contribution is 8.05. The summed E-state index contributed by atoms with van der Waals surface area (Å²) < 4.78 is 20.6. The van der Waals surface area contributed by atoms with Crippen LogP contribution in [0.5, 0.6) is 0 Å². The van der Waals surface area contributed by atoms with Gasteiger partial charge in [-0.05, 0) is 24.3 Å². The summed E-state index contributed by atoms with van der Waals surface area (Å²) in [7, 11) is 0. The maximum absolute atomic E-state index is 13.7. The van der Waals surface area contributed by atoms with Gasteiger partial charge in [-0.2, -0.15) is 0 Å². The maximum atomic E-state index is 13.7. The van der Waals surface area contributed by atoms with Gasteiger partial charge >= 0.3 is 18.1 Å². The standard InChI is InChI=1S/C33H32ClN5O10S3/c1-4-45-33(44)48-17(2)47-31(43)25-20(50-3)16-51-30-24(29(42)39(25)30)36-28(41)23(22-27(34)52-32(35)37-22)38-46-15-21(40)49-26(18-11-7-5-8-12-18)19-13-9-6-10-14-19/h5-14,17,24,26,30H,4,15-16H2,1-3H3,(H2,35,37)(H,36,41)/t17?,24?,30-/m0/s1. The number of halogens is 1. The summed E-state index contributed by atoms with van der Waals surface area (Å²) in [6.07, 6.45) is -1.34. The molecule has 19 heteroatoms. The summed E-state index contributed by atoms with van der Waals surface area (Å²) in [4.78, 5) is 76.1. The van der Waals surface area contributed by atoms with Crippen LogP contribution < -0.4 is 11.1 Å². The number of nitrogens with two attached hydrogens (primary N) is 1. The number of β-lactam (4-membered cyclic amide) rings is 1. The number of hydrogen-bond donors (Lipinski definition) is 2. The number of ether oxygens (including phenoxy) is 4. The second-order valence-corrected chi connectivity index (χ2v) is 14.3. The number of nitrogens with zero attached hydrogens (tertiary/aromatic N) is 3. The lowest BCUT2D eigenvalue weighted by atomic mass is 10.0. The number of amides is 2. The molecule has 2 aliphatic heterocycles. The minimum Gasteiger partial charge on any atom is -0.450 e. The van der Waals surface area contributed by atoms with Crippen LogP contribution in [0.3, 0.4) is 0 Å². The molecule has 0 radical (unpaired) electrons. The van der Waals surface area contributed by atoms with Crippen molar-refractivity contribution in [2.24, 2.45) is 5.16 Å². The first kappa shape index (κ1) is 38.5. The largest absolute Gasteiger partial charge is 0.511 e. The Labute approximate surface area is 315 Å². The Morgan fingerprint density at radius 1 is 1.08 bits per heavy atom. The van der Waals surface area contributed by atoms with Gasteiger partial charge in [0.2, 0.25) is 12.9 Å². The molecule has 0 bridgehead atoms. The summed E-state index contributed by atoms with van der Waals surface area (Å²) in [5.74, 6) is -2.91. The van der Waals surface area contributed by atoms with E-state index in [1.54, 1.807) is 13.2 Å². The number of benzene rings is 2. The highest BCUT2D eigenvalue weighted by atomic mass is 35.5. The van der Waals surface area contributed by atoms with Crippen molar-refractivity contribution >= 4 is 87.2 Å². The van der Waals surface area contributed by atoms with Gasteiger partial charge in [0, 0.05) is 17.6 Å². The van der Waals surface area contributed by atoms with E-state index in [2.05, 4.69) is 15.5 Å². The normalized spacial score (nSPS) is 17.4. The summed E-state index contributed by atoms with van der Waals surface area (Å²) in [5, 5.41) is 5.80. The summed E-state index contributed by atoms with van der Waals surface area (Å²) in [5.41, 5.74) is 6.65. The van der Waals surface area contributed by atoms with E-state index in [1.165, 1.54) is 35.3 Å². The Morgan fingerprint density at radius 2 is 1.73 bits per heavy atom. The van der Waals surface area contributed by atoms with E-state index in [0.29, 0.717) is 10.7 Å². The molecule has 0 spiro atoms. The Kier molecular flexibility index (Phi) is 13.0. The fraction of sp³-hybridized carbons (Fsp3) is 0.303. The van der Waals surface area contributed by atoms with Crippen LogP contribution in [-0.4, -0.2) is 88.4 Å². The lowest BCUT2D eigenvalue weighted by molar-refractivity contribution is -0.168. The third-order valence-corrected chi connectivity index (χ3v) is 10.7. The van der Waals surface area contributed by atoms with Gasteiger partial charge in [0.1, 0.15) is 27.1 Å². The molecule has 0 aliphatic carbocycles. The van der Waals surface area contributed by atoms with Crippen molar-refractivity contribution in [1.82, 2.24) is 15.2 Å². The first-order valence-corrected chi connectivity index (χ1v) is 19.0. The van der Waals surface area contributed by atoms with E-state index in [-0.39, 0.29) is 27.5 Å². The van der Waals surface area contributed by atoms with E-state index in [4.69, 9.17) is 41.1 Å². The highest BCUT2D eigenvalue weighted by Gasteiger charge is 2.55. The van der Waals surface area contributed by atoms with Gasteiger partial charge in [0.25, 0.3) is 11.8 Å². The number of hydrogen-bond acceptors (Lipinski definition) is 16. The van der Waals surface area contributed by atoms with Gasteiger partial charge in [0.05, 0.1) is 6.61 Å². The Hall–Kier alpha value is -4.78. The van der Waals surface area contributed by atoms with Crippen LogP contribution >= 0.6 is 46.5 Å². The molecular weight excluding hydrogens is 758 g/mol. The monoisotopic (exact) mass is 789 g/mol. The predicted molar refractivity (Wildman–Crippen MR) is 194 cm³/mol. The van der Waals surface area contributed by atoms with Crippen LogP contribution in [0.2, 0.25) is 4.34 Å². The molecule has 3 heterocycles. The van der Waals surface area contributed by atoms with Crippen molar-refractivity contribution in [3.8, 4) is 0 Å². The maximum Gasteiger partial charge on any atom is 0.511 e. The zero-order valence-electron chi connectivity index (χ0n) is 27.8. The number of aromatic nitrogens is 1. The molecule has 0 saturated carbocycles. The molecule has 5 rings (SSSR count). The molecular formula is C33H32ClN5O10S3. The predicted octanol–water partition coefficient (Wildman–Crippen LogP) is 4.47. The third-order valence-electron chi connectivity index (χ3n) is 7.29. The van der Waals surface area contributed by atoms with Crippen LogP contribution in [0, 0.1) is 0 Å². The number of thiazole rings is 1. The number of nitrogen functional groups attached to an aromatic ring is 1. The fourth-order valence-electron chi connectivity index (χ4n) is 5.02. The third kappa shape index (κ3) is 8.98. The molecule has 274 valence electrons. The number of anilines is 1. The van der Waals surface area contributed by atoms with E-state index < -0.39 is 66.0 Å². The number of rotatable bonds is 14. The quantitative estimate of drug-likeness (QED) is 0.0579. The first-order valence-electron chi connectivity index (χ1n) is 15.5. The minimum atomic E-state index is -1.31. The average Bonchev–Trinajstić information content (AvgIpc) is 3.47. The molecule has 1 aromatic heterocycles. The second-order valence-electron chi connectivity index (χ2n) is 10.7. The number of esters is 2. The number of fused-ring (bicyclic) bond motifs is 1. The van der Waals surface area contributed by atoms with Gasteiger partial charge < -0.3 is 34.8 Å². The zero-order chi connectivity index (χ0) is 37.4. The van der Waals surface area contributed by atoms with E-state index in [9.17, 15) is 24.0 Å². The van der Waals surface area contributed by atoms with Crippen LogP contribution in [0.1, 0.15) is 36.8 Å². The zero-order valence-corrected chi connectivity index (χ0v) is 31.0. The Bertz CT molecular complexity index is 1840. The number of oxime groups is 1. The summed E-state index contributed by atoms with van der Waals surface area (Å²) >= 11 is 9.74. The smallest absolute Gasteiger partial charge is 0.450 e. The van der Waals surface area contributed by atoms with Crippen molar-refractivity contribution in [3.05, 3.63) is 92.4 Å². The number of carbonyl (C=O) groups excluding carboxylic acids is 5. The minimum absolute atomic E-state index is 0.0103. The molecule has 52 heavy (non-hydrogen) atoms. The lowest BCUT2D eigenvalue weighted by Gasteiger charge is -2.49. The Balaban J connectivity index is 1.28. The summed E-state index contributed by atoms with van der Waals surface area (Å²) in [6.45, 7) is 2.29. The molecule has 2 amide bonds. The van der Waals surface area contributed by atoms with Crippen LogP contribution in [0.15, 0.2) is 76.4 Å². The van der Waals surface area contributed by atoms with Gasteiger partial charge in [-0.15, -0.1) is 23.5 Å². The molecule has 2 aromatic carbocycles. The molecule has 1 fully saturated rings. The molecule has 3 aromatic rings. The number of carbonyl (C=O) groups is 5. The molecule has 2 aliphatic rings. The van der Waals surface area contributed by atoms with Gasteiger partial charge in [0.15, 0.2) is 16.9 Å². The topological polar surface area (TPSA) is 198 Å². The molecule has 15 nitrogen and oxygen atoms in total. The fourth-order valence-corrected chi connectivity index (χ4v) is 8.19. The molecule has 3 atom stereocenters. The molecule has 2 unspecified atom stereocenters. The van der Waals surface area contributed by atoms with Crippen molar-refractivity contribution in [3.63, 3.8) is 0 Å². The molecule has 1 saturated heterocycles. The lowest BCUT2D eigenvalue weighted by Crippen LogP contribution is -2.71. The number of thioether (sulfide) groups is 2. The van der Waals surface area contributed by atoms with E-state index in [0.717, 1.165) is 22.5 Å². The van der Waals surface area contributed by atoms with Gasteiger partial charge in [-0.3, -0.25) is 14.5 Å².